The number of esters is 1. The molecule has 0 aromatic carbocycles. The van der Waals surface area contributed by atoms with E-state index in [1.165, 1.54) is 12.2 Å². The lowest BCUT2D eigenvalue weighted by Gasteiger charge is -2.24. The van der Waals surface area contributed by atoms with Gasteiger partial charge < -0.3 is 20.4 Å². The molecule has 1 amide bonds. The fourth-order valence-electron chi connectivity index (χ4n) is 2.35. The molecule has 6 nitrogen and oxygen atoms in total. The number of carbonyl (C=O) groups is 2. The maximum Gasteiger partial charge on any atom is 0.356 e. The Labute approximate surface area is 110 Å². The van der Waals surface area contributed by atoms with Crippen LogP contribution in [0.3, 0.4) is 0 Å². The Morgan fingerprint density at radius 1 is 1.47 bits per heavy atom. The first-order valence-electron chi connectivity index (χ1n) is 6.20. The third-order valence-corrected chi connectivity index (χ3v) is 3.57. The molecule has 1 aromatic heterocycles. The predicted octanol–water partition coefficient (Wildman–Crippen LogP) is 0.103. The van der Waals surface area contributed by atoms with Crippen LogP contribution in [0.15, 0.2) is 24.3 Å². The Bertz CT molecular complexity index is 582. The Balaban J connectivity index is 1.83. The van der Waals surface area contributed by atoms with Crippen LogP contribution in [0, 0.1) is 0 Å². The second-order valence-electron chi connectivity index (χ2n) is 4.85. The minimum Gasteiger partial charge on any atom is -0.436 e. The second-order valence-corrected chi connectivity index (χ2v) is 4.85. The van der Waals surface area contributed by atoms with Gasteiger partial charge in [-0.15, -0.1) is 0 Å². The number of aromatic nitrogens is 1. The van der Waals surface area contributed by atoms with Gasteiger partial charge in [0, 0.05) is 24.8 Å². The monoisotopic (exact) mass is 261 g/mol. The van der Waals surface area contributed by atoms with Crippen molar-refractivity contribution < 1.29 is 14.3 Å². The van der Waals surface area contributed by atoms with Crippen molar-refractivity contribution in [3.8, 4) is 0 Å². The number of amides is 1. The van der Waals surface area contributed by atoms with Gasteiger partial charge in [0.15, 0.2) is 0 Å². The molecule has 0 saturated carbocycles. The van der Waals surface area contributed by atoms with E-state index in [0.29, 0.717) is 12.2 Å². The van der Waals surface area contributed by atoms with E-state index in [-0.39, 0.29) is 6.04 Å². The van der Waals surface area contributed by atoms with Crippen molar-refractivity contribution in [2.24, 2.45) is 5.73 Å². The highest BCUT2D eigenvalue weighted by molar-refractivity contribution is 5.98. The van der Waals surface area contributed by atoms with Crippen LogP contribution in [-0.4, -0.2) is 28.6 Å². The van der Waals surface area contributed by atoms with E-state index in [2.05, 4.69) is 5.32 Å². The van der Waals surface area contributed by atoms with Crippen LogP contribution in [0.4, 0.5) is 0 Å². The predicted molar refractivity (Wildman–Crippen MR) is 67.3 cm³/mol. The van der Waals surface area contributed by atoms with Gasteiger partial charge in [0.05, 0.1) is 0 Å². The first-order chi connectivity index (χ1) is 9.03. The summed E-state index contributed by atoms with van der Waals surface area (Å²) < 4.78 is 7.11. The molecule has 3 rings (SSSR count). The first-order valence-corrected chi connectivity index (χ1v) is 6.20. The van der Waals surface area contributed by atoms with Gasteiger partial charge in [0.25, 0.3) is 5.91 Å². The smallest absolute Gasteiger partial charge is 0.356 e. The van der Waals surface area contributed by atoms with E-state index in [9.17, 15) is 9.59 Å². The number of hydrogen-bond donors (Lipinski definition) is 2. The van der Waals surface area contributed by atoms with E-state index >= 15 is 0 Å². The van der Waals surface area contributed by atoms with Gasteiger partial charge in [0.1, 0.15) is 5.69 Å². The molecule has 0 fully saturated rings. The van der Waals surface area contributed by atoms with Crippen LogP contribution >= 0.6 is 0 Å². The lowest BCUT2D eigenvalue weighted by molar-refractivity contribution is -0.127. The minimum atomic E-state index is -1.31. The number of nitrogens with two attached hydrogens (primary N) is 1. The van der Waals surface area contributed by atoms with Crippen LogP contribution in [-0.2, 0) is 16.1 Å². The number of nitrogens with one attached hydrogen (secondary N) is 1. The number of carbonyl (C=O) groups excluding carboxylic acids is 2. The van der Waals surface area contributed by atoms with Crippen molar-refractivity contribution in [2.45, 2.75) is 25.1 Å². The molecule has 1 atom stereocenters. The van der Waals surface area contributed by atoms with Crippen LogP contribution in [0.1, 0.15) is 29.1 Å². The molecule has 0 bridgehead atoms. The molecule has 1 aliphatic carbocycles. The largest absolute Gasteiger partial charge is 0.436 e. The number of rotatable bonds is 3. The van der Waals surface area contributed by atoms with E-state index < -0.39 is 17.5 Å². The normalized spacial score (nSPS) is 22.7. The zero-order valence-corrected chi connectivity index (χ0v) is 10.6. The summed E-state index contributed by atoms with van der Waals surface area (Å²) in [5, 5.41) is 3.31. The molecule has 2 heterocycles. The average Bonchev–Trinajstić information content (AvgIpc) is 3.01. The molecular formula is C13H15N3O3. The molecular weight excluding hydrogens is 246 g/mol. The highest BCUT2D eigenvalue weighted by Gasteiger charge is 2.45. The molecule has 3 N–H and O–H groups in total. The lowest BCUT2D eigenvalue weighted by Crippen LogP contribution is -2.38. The topological polar surface area (TPSA) is 86.3 Å². The van der Waals surface area contributed by atoms with E-state index in [1.54, 1.807) is 6.07 Å². The third kappa shape index (κ3) is 1.84. The molecule has 2 aliphatic rings. The molecule has 0 radical (unpaired) electrons. The number of fused-ring (bicyclic) bond motifs is 1. The van der Waals surface area contributed by atoms with Gasteiger partial charge in [0.2, 0.25) is 5.60 Å². The van der Waals surface area contributed by atoms with Gasteiger partial charge in [-0.25, -0.2) is 4.79 Å². The third-order valence-electron chi connectivity index (χ3n) is 3.57. The highest BCUT2D eigenvalue weighted by atomic mass is 16.6. The SMILES string of the molecule is CC1NCCn2c(C(=O)OC3(C(N)=O)C=C3)ccc21. The number of hydrogen-bond acceptors (Lipinski definition) is 4. The summed E-state index contributed by atoms with van der Waals surface area (Å²) in [6.07, 6.45) is 2.97. The Kier molecular flexibility index (Phi) is 2.50. The quantitative estimate of drug-likeness (QED) is 0.597. The van der Waals surface area contributed by atoms with Gasteiger partial charge in [-0.1, -0.05) is 0 Å². The zero-order chi connectivity index (χ0) is 13.6. The number of ether oxygens (including phenoxy) is 1. The summed E-state index contributed by atoms with van der Waals surface area (Å²) in [4.78, 5) is 23.3. The molecule has 100 valence electrons. The summed E-state index contributed by atoms with van der Waals surface area (Å²) in [7, 11) is 0. The molecule has 1 unspecified atom stereocenters. The first kappa shape index (κ1) is 12.0. The summed E-state index contributed by atoms with van der Waals surface area (Å²) in [5.74, 6) is -1.19. The van der Waals surface area contributed by atoms with Crippen LogP contribution in [0.2, 0.25) is 0 Å². The highest BCUT2D eigenvalue weighted by Crippen LogP contribution is 2.30. The van der Waals surface area contributed by atoms with E-state index in [1.807, 2.05) is 17.6 Å². The van der Waals surface area contributed by atoms with Crippen LogP contribution in [0.5, 0.6) is 0 Å². The molecule has 6 heteroatoms. The molecule has 0 saturated heterocycles. The standard InChI is InChI=1S/C13H15N3O3/c1-8-9-2-3-10(16(9)7-6-15-8)11(17)19-13(4-5-13)12(14)18/h2-5,8,15H,6-7H2,1H3,(H2,14,18). The number of primary amides is 1. The zero-order valence-electron chi connectivity index (χ0n) is 10.6. The fourth-order valence-corrected chi connectivity index (χ4v) is 2.35. The molecule has 1 aromatic rings. The van der Waals surface area contributed by atoms with E-state index in [4.69, 9.17) is 10.5 Å². The van der Waals surface area contributed by atoms with Crippen LogP contribution in [0.25, 0.3) is 0 Å². The minimum absolute atomic E-state index is 0.194. The van der Waals surface area contributed by atoms with Crippen molar-refractivity contribution in [3.05, 3.63) is 35.7 Å². The van der Waals surface area contributed by atoms with E-state index in [0.717, 1.165) is 12.2 Å². The molecule has 0 spiro atoms. The van der Waals surface area contributed by atoms with Crippen molar-refractivity contribution in [1.82, 2.24) is 9.88 Å². The van der Waals surface area contributed by atoms with Gasteiger partial charge in [-0.05, 0) is 31.2 Å². The Morgan fingerprint density at radius 2 is 2.21 bits per heavy atom. The van der Waals surface area contributed by atoms with Crippen molar-refractivity contribution >= 4 is 11.9 Å². The summed E-state index contributed by atoms with van der Waals surface area (Å²) in [5.41, 5.74) is 5.39. The summed E-state index contributed by atoms with van der Waals surface area (Å²) >= 11 is 0. The average molecular weight is 261 g/mol. The van der Waals surface area contributed by atoms with Gasteiger partial charge >= 0.3 is 5.97 Å². The summed E-state index contributed by atoms with van der Waals surface area (Å²) in [6, 6.07) is 3.81. The fraction of sp³-hybridized carbons (Fsp3) is 0.385. The summed E-state index contributed by atoms with van der Waals surface area (Å²) in [6.45, 7) is 3.53. The number of nitrogens with zero attached hydrogens (tertiary/aromatic N) is 1. The Morgan fingerprint density at radius 3 is 2.84 bits per heavy atom. The van der Waals surface area contributed by atoms with Gasteiger partial charge in [-0.3, -0.25) is 4.79 Å². The van der Waals surface area contributed by atoms with Gasteiger partial charge in [-0.2, -0.15) is 0 Å². The van der Waals surface area contributed by atoms with Crippen molar-refractivity contribution in [3.63, 3.8) is 0 Å². The van der Waals surface area contributed by atoms with Crippen molar-refractivity contribution in [2.75, 3.05) is 6.54 Å². The maximum atomic E-state index is 12.1. The second kappa shape index (κ2) is 3.96. The maximum absolute atomic E-state index is 12.1. The van der Waals surface area contributed by atoms with Crippen molar-refractivity contribution in [1.29, 1.82) is 0 Å². The lowest BCUT2D eigenvalue weighted by atomic mass is 10.2. The Hall–Kier alpha value is -2.08. The molecule has 19 heavy (non-hydrogen) atoms. The molecule has 1 aliphatic heterocycles. The van der Waals surface area contributed by atoms with Crippen LogP contribution < -0.4 is 11.1 Å².